The number of amides is 3. The van der Waals surface area contributed by atoms with Crippen molar-refractivity contribution in [2.24, 2.45) is 11.8 Å². The zero-order chi connectivity index (χ0) is 31.1. The van der Waals surface area contributed by atoms with Gasteiger partial charge in [-0.1, -0.05) is 25.5 Å². The standard InChI is InChI=1S/C34H49N3O5S/c1-6-13-24(5)35(20-7-2)33(41)30-34-19-18-27(43-34)28(29(34)32(40)37(30)22-11-10-12-23-38)31(39)36(21-8-3)25-14-16-26(17-15-25)42-9-4/h7-8,14-17,24,27-30,38H,2-3,6,9-13,18-23H2,1,4-5H3/t24?,27-,28+,29-,30?,34?/m0/s1. The largest absolute Gasteiger partial charge is 0.494 e. The second-order valence-corrected chi connectivity index (χ2v) is 13.6. The van der Waals surface area contributed by atoms with Crippen LogP contribution in [0.3, 0.4) is 0 Å². The zero-order valence-electron chi connectivity index (χ0n) is 26.1. The van der Waals surface area contributed by atoms with Gasteiger partial charge in [-0.3, -0.25) is 14.4 Å². The Morgan fingerprint density at radius 2 is 1.86 bits per heavy atom. The average molecular weight is 612 g/mol. The van der Waals surface area contributed by atoms with E-state index in [1.54, 1.807) is 33.7 Å². The monoisotopic (exact) mass is 611 g/mol. The zero-order valence-corrected chi connectivity index (χ0v) is 26.9. The van der Waals surface area contributed by atoms with E-state index in [9.17, 15) is 19.5 Å². The fourth-order valence-electron chi connectivity index (χ4n) is 7.40. The number of hydrogen-bond acceptors (Lipinski definition) is 6. The molecule has 1 spiro atoms. The molecule has 236 valence electrons. The van der Waals surface area contributed by atoms with Crippen molar-refractivity contribution in [1.29, 1.82) is 0 Å². The SMILES string of the molecule is C=CCN(C(=O)[C@@H]1[C@@H]2CCC3(S2)C(C(=O)N(CC=C)C(C)CCC)N(CCCCCO)C(=O)[C@H]13)c1ccc(OCC)cc1. The van der Waals surface area contributed by atoms with Crippen LogP contribution in [0.2, 0.25) is 0 Å². The number of likely N-dealkylation sites (tertiary alicyclic amines) is 1. The maximum absolute atomic E-state index is 14.6. The molecule has 3 aliphatic rings. The van der Waals surface area contributed by atoms with E-state index >= 15 is 0 Å². The van der Waals surface area contributed by atoms with E-state index in [0.29, 0.717) is 39.1 Å². The third-order valence-corrected chi connectivity index (χ3v) is 11.2. The van der Waals surface area contributed by atoms with Gasteiger partial charge in [0, 0.05) is 43.2 Å². The number of anilines is 1. The van der Waals surface area contributed by atoms with Crippen molar-refractivity contribution >= 4 is 35.2 Å². The number of hydrogen-bond donors (Lipinski definition) is 1. The van der Waals surface area contributed by atoms with E-state index in [1.807, 2.05) is 36.1 Å². The molecule has 6 atom stereocenters. The lowest BCUT2D eigenvalue weighted by Gasteiger charge is -2.39. The number of unbranched alkanes of at least 4 members (excludes halogenated alkanes) is 2. The van der Waals surface area contributed by atoms with Crippen LogP contribution in [0.1, 0.15) is 65.7 Å². The van der Waals surface area contributed by atoms with Crippen LogP contribution in [0.15, 0.2) is 49.6 Å². The number of rotatable bonds is 17. The minimum absolute atomic E-state index is 0.0149. The lowest BCUT2D eigenvalue weighted by molar-refractivity contribution is -0.143. The number of fused-ring (bicyclic) bond motifs is 1. The fourth-order valence-corrected chi connectivity index (χ4v) is 9.61. The normalized spacial score (nSPS) is 26.2. The van der Waals surface area contributed by atoms with Gasteiger partial charge in [0.05, 0.1) is 23.2 Å². The molecule has 8 nitrogen and oxygen atoms in total. The molecular formula is C34H49N3O5S. The molecular weight excluding hydrogens is 562 g/mol. The van der Waals surface area contributed by atoms with Crippen LogP contribution in [0.25, 0.3) is 0 Å². The van der Waals surface area contributed by atoms with E-state index in [4.69, 9.17) is 4.74 Å². The molecule has 1 aromatic rings. The number of nitrogens with zero attached hydrogens (tertiary/aromatic N) is 3. The summed E-state index contributed by atoms with van der Waals surface area (Å²) in [5, 5.41) is 9.30. The minimum atomic E-state index is -0.639. The molecule has 0 saturated carbocycles. The van der Waals surface area contributed by atoms with E-state index in [0.717, 1.165) is 43.5 Å². The lowest BCUT2D eigenvalue weighted by Crippen LogP contribution is -2.56. The van der Waals surface area contributed by atoms with Crippen LogP contribution in [-0.2, 0) is 14.4 Å². The minimum Gasteiger partial charge on any atom is -0.494 e. The molecule has 3 amide bonds. The van der Waals surface area contributed by atoms with Gasteiger partial charge >= 0.3 is 0 Å². The number of ether oxygens (including phenoxy) is 1. The van der Waals surface area contributed by atoms with Crippen LogP contribution in [0.4, 0.5) is 5.69 Å². The third kappa shape index (κ3) is 6.39. The summed E-state index contributed by atoms with van der Waals surface area (Å²) in [6.07, 6.45) is 8.94. The summed E-state index contributed by atoms with van der Waals surface area (Å²) >= 11 is 1.70. The Balaban J connectivity index is 1.70. The Hall–Kier alpha value is -2.78. The summed E-state index contributed by atoms with van der Waals surface area (Å²) in [4.78, 5) is 48.9. The van der Waals surface area contributed by atoms with Crippen molar-refractivity contribution in [1.82, 2.24) is 9.80 Å². The Morgan fingerprint density at radius 3 is 2.49 bits per heavy atom. The van der Waals surface area contributed by atoms with Crippen LogP contribution < -0.4 is 9.64 Å². The predicted octanol–water partition coefficient (Wildman–Crippen LogP) is 5.06. The van der Waals surface area contributed by atoms with Crippen molar-refractivity contribution in [3.63, 3.8) is 0 Å². The van der Waals surface area contributed by atoms with Gasteiger partial charge in [-0.2, -0.15) is 0 Å². The number of carbonyl (C=O) groups is 3. The number of aliphatic hydroxyl groups excluding tert-OH is 1. The molecule has 2 bridgehead atoms. The predicted molar refractivity (Wildman–Crippen MR) is 173 cm³/mol. The Bertz CT molecular complexity index is 1160. The number of thioether (sulfide) groups is 1. The van der Waals surface area contributed by atoms with E-state index in [1.165, 1.54) is 0 Å². The van der Waals surface area contributed by atoms with Crippen molar-refractivity contribution in [2.75, 3.05) is 37.7 Å². The first-order valence-electron chi connectivity index (χ1n) is 15.9. The summed E-state index contributed by atoms with van der Waals surface area (Å²) < 4.78 is 4.96. The highest BCUT2D eigenvalue weighted by Crippen LogP contribution is 2.66. The first-order valence-corrected chi connectivity index (χ1v) is 16.8. The van der Waals surface area contributed by atoms with Crippen molar-refractivity contribution in [2.45, 2.75) is 87.8 Å². The van der Waals surface area contributed by atoms with Crippen molar-refractivity contribution < 1.29 is 24.2 Å². The molecule has 3 heterocycles. The Morgan fingerprint density at radius 1 is 1.14 bits per heavy atom. The lowest BCUT2D eigenvalue weighted by atomic mass is 9.70. The summed E-state index contributed by atoms with van der Waals surface area (Å²) in [6, 6.07) is 6.86. The molecule has 4 rings (SSSR count). The fraction of sp³-hybridized carbons (Fsp3) is 0.618. The van der Waals surface area contributed by atoms with Crippen molar-refractivity contribution in [3.05, 3.63) is 49.6 Å². The van der Waals surface area contributed by atoms with Gasteiger partial charge in [-0.25, -0.2) is 0 Å². The van der Waals surface area contributed by atoms with E-state index in [2.05, 4.69) is 27.0 Å². The molecule has 9 heteroatoms. The van der Waals surface area contributed by atoms with Crippen LogP contribution in [0, 0.1) is 11.8 Å². The van der Waals surface area contributed by atoms with E-state index in [-0.39, 0.29) is 35.6 Å². The quantitative estimate of drug-likeness (QED) is 0.196. The van der Waals surface area contributed by atoms with Gasteiger partial charge in [0.2, 0.25) is 17.7 Å². The first kappa shape index (κ1) is 33.1. The number of aliphatic hydroxyl groups is 1. The van der Waals surface area contributed by atoms with Gasteiger partial charge < -0.3 is 24.5 Å². The Labute approximate surface area is 261 Å². The summed E-state index contributed by atoms with van der Waals surface area (Å²) in [5.74, 6) is -0.541. The highest BCUT2D eigenvalue weighted by molar-refractivity contribution is 8.02. The second-order valence-electron chi connectivity index (χ2n) is 12.0. The number of benzene rings is 1. The van der Waals surface area contributed by atoms with Crippen LogP contribution in [-0.4, -0.2) is 87.6 Å². The van der Waals surface area contributed by atoms with Gasteiger partial charge in [-0.15, -0.1) is 24.9 Å². The second kappa shape index (κ2) is 14.8. The van der Waals surface area contributed by atoms with E-state index < -0.39 is 22.6 Å². The van der Waals surface area contributed by atoms with Crippen molar-refractivity contribution in [3.8, 4) is 5.75 Å². The molecule has 3 saturated heterocycles. The molecule has 0 aromatic heterocycles. The molecule has 3 unspecified atom stereocenters. The molecule has 0 radical (unpaired) electrons. The molecule has 3 fully saturated rings. The van der Waals surface area contributed by atoms with Gasteiger partial charge in [0.15, 0.2) is 0 Å². The maximum Gasteiger partial charge on any atom is 0.247 e. The highest BCUT2D eigenvalue weighted by Gasteiger charge is 2.74. The average Bonchev–Trinajstić information content (AvgIpc) is 3.64. The molecule has 1 N–H and O–H groups in total. The van der Waals surface area contributed by atoms with Gasteiger partial charge in [0.25, 0.3) is 0 Å². The number of carbonyl (C=O) groups excluding carboxylic acids is 3. The third-order valence-electron chi connectivity index (χ3n) is 9.26. The van der Waals surface area contributed by atoms with Gasteiger partial charge in [0.1, 0.15) is 11.8 Å². The topological polar surface area (TPSA) is 90.4 Å². The Kier molecular flexibility index (Phi) is 11.4. The highest BCUT2D eigenvalue weighted by atomic mass is 32.2. The molecule has 3 aliphatic heterocycles. The molecule has 1 aromatic carbocycles. The smallest absolute Gasteiger partial charge is 0.247 e. The molecule has 0 aliphatic carbocycles. The summed E-state index contributed by atoms with van der Waals surface area (Å²) in [6.45, 7) is 15.8. The van der Waals surface area contributed by atoms with Crippen LogP contribution >= 0.6 is 11.8 Å². The summed E-state index contributed by atoms with van der Waals surface area (Å²) in [7, 11) is 0. The first-order chi connectivity index (χ1) is 20.8. The maximum atomic E-state index is 14.6. The van der Waals surface area contributed by atoms with Crippen LogP contribution in [0.5, 0.6) is 5.75 Å². The molecule has 43 heavy (non-hydrogen) atoms. The van der Waals surface area contributed by atoms with Gasteiger partial charge in [-0.05, 0) is 76.6 Å². The summed E-state index contributed by atoms with van der Waals surface area (Å²) in [5.41, 5.74) is 0.736.